The molecule has 4 nitrogen and oxygen atoms in total. The van der Waals surface area contributed by atoms with E-state index in [1.807, 2.05) is 18.2 Å². The van der Waals surface area contributed by atoms with E-state index in [2.05, 4.69) is 17.0 Å². The standard InChI is InChI=1S/C22H23Cl2NO3S/c23-16-10-15-11-19(28-9-8-25-7-3-4-14(13-25)22(26)27)17-5-1-2-6-20(17)29-21(15)18(24)12-16/h1-2,5-6,10,12,14,19H,3-4,7-9,11,13H2,(H,26,27). The molecule has 0 amide bonds. The van der Waals surface area contributed by atoms with Gasteiger partial charge in [0.25, 0.3) is 0 Å². The number of likely N-dealkylation sites (tertiary alicyclic amines) is 1. The lowest BCUT2D eigenvalue weighted by molar-refractivity contribution is -0.143. The van der Waals surface area contributed by atoms with Crippen LogP contribution in [0.5, 0.6) is 0 Å². The monoisotopic (exact) mass is 451 g/mol. The van der Waals surface area contributed by atoms with Gasteiger partial charge in [0.1, 0.15) is 0 Å². The Balaban J connectivity index is 1.48. The van der Waals surface area contributed by atoms with E-state index in [1.165, 1.54) is 0 Å². The fraction of sp³-hybridized carbons (Fsp3) is 0.409. The van der Waals surface area contributed by atoms with Gasteiger partial charge < -0.3 is 14.7 Å². The Bertz CT molecular complexity index is 908. The minimum Gasteiger partial charge on any atom is -0.481 e. The Morgan fingerprint density at radius 3 is 2.93 bits per heavy atom. The van der Waals surface area contributed by atoms with Crippen LogP contribution in [-0.2, 0) is 16.0 Å². The summed E-state index contributed by atoms with van der Waals surface area (Å²) in [5.74, 6) is -0.967. The Morgan fingerprint density at radius 1 is 1.28 bits per heavy atom. The zero-order valence-corrected chi connectivity index (χ0v) is 18.3. The zero-order chi connectivity index (χ0) is 20.4. The van der Waals surface area contributed by atoms with Crippen LogP contribution in [0.1, 0.15) is 30.1 Å². The highest BCUT2D eigenvalue weighted by Gasteiger charge is 2.27. The third-order valence-corrected chi connectivity index (χ3v) is 7.46. The van der Waals surface area contributed by atoms with Gasteiger partial charge in [-0.3, -0.25) is 4.79 Å². The van der Waals surface area contributed by atoms with E-state index in [4.69, 9.17) is 27.9 Å². The van der Waals surface area contributed by atoms with Crippen molar-refractivity contribution in [2.75, 3.05) is 26.2 Å². The van der Waals surface area contributed by atoms with E-state index >= 15 is 0 Å². The summed E-state index contributed by atoms with van der Waals surface area (Å²) in [5, 5.41) is 10.6. The first kappa shape index (κ1) is 21.0. The lowest BCUT2D eigenvalue weighted by Crippen LogP contribution is -2.40. The topological polar surface area (TPSA) is 49.8 Å². The molecule has 2 aliphatic heterocycles. The van der Waals surface area contributed by atoms with E-state index in [0.29, 0.717) is 29.6 Å². The minimum absolute atomic E-state index is 0.0884. The Kier molecular flexibility index (Phi) is 6.72. The Morgan fingerprint density at radius 2 is 2.10 bits per heavy atom. The molecule has 0 aliphatic carbocycles. The number of aliphatic carboxylic acids is 1. The summed E-state index contributed by atoms with van der Waals surface area (Å²) in [4.78, 5) is 15.7. The van der Waals surface area contributed by atoms with Crippen molar-refractivity contribution in [1.29, 1.82) is 0 Å². The molecular weight excluding hydrogens is 429 g/mol. The molecule has 154 valence electrons. The molecule has 29 heavy (non-hydrogen) atoms. The number of carbonyl (C=O) groups is 1. The summed E-state index contributed by atoms with van der Waals surface area (Å²) in [5.41, 5.74) is 2.25. The number of carboxylic acids is 1. The van der Waals surface area contributed by atoms with E-state index in [9.17, 15) is 9.90 Å². The van der Waals surface area contributed by atoms with E-state index in [-0.39, 0.29) is 12.0 Å². The lowest BCUT2D eigenvalue weighted by atomic mass is 9.98. The summed E-state index contributed by atoms with van der Waals surface area (Å²) in [6.45, 7) is 2.82. The molecular formula is C22H23Cl2NO3S. The van der Waals surface area contributed by atoms with Crippen LogP contribution in [0, 0.1) is 5.92 Å². The van der Waals surface area contributed by atoms with Crippen LogP contribution in [0.4, 0.5) is 0 Å². The van der Waals surface area contributed by atoms with Crippen molar-refractivity contribution >= 4 is 40.9 Å². The summed E-state index contributed by atoms with van der Waals surface area (Å²) < 4.78 is 6.34. The van der Waals surface area contributed by atoms with Crippen molar-refractivity contribution in [2.45, 2.75) is 35.2 Å². The molecule has 2 heterocycles. The number of rotatable bonds is 5. The zero-order valence-electron chi connectivity index (χ0n) is 15.9. The molecule has 2 aliphatic rings. The second-order valence-corrected chi connectivity index (χ2v) is 9.45. The van der Waals surface area contributed by atoms with E-state index in [1.54, 1.807) is 17.8 Å². The van der Waals surface area contributed by atoms with Crippen LogP contribution in [0.15, 0.2) is 46.2 Å². The van der Waals surface area contributed by atoms with Crippen LogP contribution < -0.4 is 0 Å². The van der Waals surface area contributed by atoms with Gasteiger partial charge in [0.15, 0.2) is 0 Å². The third kappa shape index (κ3) is 4.92. The van der Waals surface area contributed by atoms with Crippen molar-refractivity contribution in [3.63, 3.8) is 0 Å². The largest absolute Gasteiger partial charge is 0.481 e. The summed E-state index contributed by atoms with van der Waals surface area (Å²) in [6.07, 6.45) is 2.30. The molecule has 4 rings (SSSR count). The SMILES string of the molecule is O=C(O)C1CCCN(CCOC2Cc3cc(Cl)cc(Cl)c3Sc3ccccc32)C1. The summed E-state index contributed by atoms with van der Waals surface area (Å²) in [6, 6.07) is 12.0. The second-order valence-electron chi connectivity index (χ2n) is 7.56. The molecule has 2 unspecified atom stereocenters. The number of hydrogen-bond donors (Lipinski definition) is 1. The van der Waals surface area contributed by atoms with E-state index in [0.717, 1.165) is 46.8 Å². The predicted molar refractivity (Wildman–Crippen MR) is 116 cm³/mol. The van der Waals surface area contributed by atoms with E-state index < -0.39 is 5.97 Å². The number of nitrogens with zero attached hydrogens (tertiary/aromatic N) is 1. The molecule has 0 spiro atoms. The van der Waals surface area contributed by atoms with Gasteiger partial charge >= 0.3 is 5.97 Å². The molecule has 0 aromatic heterocycles. The molecule has 2 atom stereocenters. The minimum atomic E-state index is -0.698. The van der Waals surface area contributed by atoms with Crippen molar-refractivity contribution in [3.8, 4) is 0 Å². The number of carboxylic acid groups (broad SMARTS) is 1. The molecule has 1 saturated heterocycles. The first-order chi connectivity index (χ1) is 14.0. The summed E-state index contributed by atoms with van der Waals surface area (Å²) >= 11 is 14.4. The molecule has 0 saturated carbocycles. The Labute approximate surface area is 185 Å². The highest BCUT2D eigenvalue weighted by molar-refractivity contribution is 7.99. The molecule has 1 N–H and O–H groups in total. The predicted octanol–water partition coefficient (Wildman–Crippen LogP) is 5.56. The maximum absolute atomic E-state index is 11.3. The maximum Gasteiger partial charge on any atom is 0.307 e. The van der Waals surface area contributed by atoms with Crippen LogP contribution in [0.3, 0.4) is 0 Å². The van der Waals surface area contributed by atoms with Crippen LogP contribution in [-0.4, -0.2) is 42.2 Å². The van der Waals surface area contributed by atoms with Gasteiger partial charge in [-0.05, 0) is 48.7 Å². The molecule has 0 radical (unpaired) electrons. The number of fused-ring (bicyclic) bond motifs is 2. The van der Waals surface area contributed by atoms with Gasteiger partial charge in [-0.15, -0.1) is 0 Å². The number of benzene rings is 2. The maximum atomic E-state index is 11.3. The van der Waals surface area contributed by atoms with Gasteiger partial charge in [-0.25, -0.2) is 0 Å². The van der Waals surface area contributed by atoms with Crippen molar-refractivity contribution in [1.82, 2.24) is 4.90 Å². The van der Waals surface area contributed by atoms with Gasteiger partial charge in [0.05, 0.1) is 23.7 Å². The third-order valence-electron chi connectivity index (χ3n) is 5.55. The van der Waals surface area contributed by atoms with Crippen molar-refractivity contribution < 1.29 is 14.6 Å². The van der Waals surface area contributed by atoms with Gasteiger partial charge in [0, 0.05) is 34.3 Å². The molecule has 1 fully saturated rings. The van der Waals surface area contributed by atoms with Crippen LogP contribution in [0.25, 0.3) is 0 Å². The van der Waals surface area contributed by atoms with Crippen molar-refractivity contribution in [3.05, 3.63) is 57.6 Å². The first-order valence-corrected chi connectivity index (χ1v) is 11.4. The van der Waals surface area contributed by atoms with Gasteiger partial charge in [0.2, 0.25) is 0 Å². The normalized spacial score (nSPS) is 21.9. The highest BCUT2D eigenvalue weighted by Crippen LogP contribution is 2.45. The quantitative estimate of drug-likeness (QED) is 0.644. The van der Waals surface area contributed by atoms with Crippen molar-refractivity contribution in [2.24, 2.45) is 5.92 Å². The lowest BCUT2D eigenvalue weighted by Gasteiger charge is -2.31. The molecule has 2 aromatic carbocycles. The fourth-order valence-corrected chi connectivity index (χ4v) is 5.84. The number of ether oxygens (including phenoxy) is 1. The van der Waals surface area contributed by atoms with Gasteiger partial charge in [-0.2, -0.15) is 0 Å². The molecule has 7 heteroatoms. The molecule has 0 bridgehead atoms. The van der Waals surface area contributed by atoms with Gasteiger partial charge in [-0.1, -0.05) is 53.2 Å². The smallest absolute Gasteiger partial charge is 0.307 e. The fourth-order valence-electron chi connectivity index (χ4n) is 4.07. The van der Waals surface area contributed by atoms with Crippen LogP contribution in [0.2, 0.25) is 10.0 Å². The highest BCUT2D eigenvalue weighted by atomic mass is 35.5. The van der Waals surface area contributed by atoms with Crippen LogP contribution >= 0.6 is 35.0 Å². The number of hydrogen-bond acceptors (Lipinski definition) is 4. The average molecular weight is 452 g/mol. The average Bonchev–Trinajstić information content (AvgIpc) is 2.85. The second kappa shape index (κ2) is 9.27. The number of halogens is 2. The first-order valence-electron chi connectivity index (χ1n) is 9.82. The molecule has 2 aromatic rings. The summed E-state index contributed by atoms with van der Waals surface area (Å²) in [7, 11) is 0. The Hall–Kier alpha value is -1.24. The number of piperidine rings is 1.